The first-order valence-electron chi connectivity index (χ1n) is 7.33. The van der Waals surface area contributed by atoms with Crippen molar-refractivity contribution in [1.82, 2.24) is 10.2 Å². The predicted molar refractivity (Wildman–Crippen MR) is 75.8 cm³/mol. The number of fused-ring (bicyclic) bond motifs is 1. The zero-order valence-corrected chi connectivity index (χ0v) is 11.6. The summed E-state index contributed by atoms with van der Waals surface area (Å²) in [5, 5.41) is 3.42. The maximum absolute atomic E-state index is 12.6. The van der Waals surface area contributed by atoms with E-state index in [0.29, 0.717) is 11.9 Å². The first kappa shape index (κ1) is 12.7. The summed E-state index contributed by atoms with van der Waals surface area (Å²) in [7, 11) is 0. The van der Waals surface area contributed by atoms with Crippen molar-refractivity contribution in [2.45, 2.75) is 38.8 Å². The predicted octanol–water partition coefficient (Wildman–Crippen LogP) is 1.96. The van der Waals surface area contributed by atoms with E-state index in [0.717, 1.165) is 38.9 Å². The average Bonchev–Trinajstić information content (AvgIpc) is 2.47. The van der Waals surface area contributed by atoms with Crippen molar-refractivity contribution < 1.29 is 4.79 Å². The molecular formula is C16H22N2O. The first-order chi connectivity index (χ1) is 9.24. The number of rotatable bonds is 1. The summed E-state index contributed by atoms with van der Waals surface area (Å²) in [6.07, 6.45) is 3.14. The van der Waals surface area contributed by atoms with E-state index in [-0.39, 0.29) is 5.92 Å². The third-order valence-electron chi connectivity index (χ3n) is 4.45. The lowest BCUT2D eigenvalue weighted by molar-refractivity contribution is -0.137. The van der Waals surface area contributed by atoms with Crippen LogP contribution in [0, 0.1) is 5.92 Å². The molecule has 3 heteroatoms. The van der Waals surface area contributed by atoms with E-state index < -0.39 is 0 Å². The number of nitrogens with one attached hydrogen (secondary N) is 1. The molecule has 3 rings (SSSR count). The molecule has 2 unspecified atom stereocenters. The molecule has 2 aliphatic rings. The van der Waals surface area contributed by atoms with Gasteiger partial charge in [-0.15, -0.1) is 0 Å². The van der Waals surface area contributed by atoms with E-state index in [9.17, 15) is 4.79 Å². The molecule has 0 radical (unpaired) electrons. The van der Waals surface area contributed by atoms with Crippen molar-refractivity contribution in [3.8, 4) is 0 Å². The van der Waals surface area contributed by atoms with Crippen molar-refractivity contribution in [2.24, 2.45) is 5.92 Å². The topological polar surface area (TPSA) is 32.3 Å². The highest BCUT2D eigenvalue weighted by molar-refractivity contribution is 5.79. The van der Waals surface area contributed by atoms with Crippen LogP contribution in [0.3, 0.4) is 0 Å². The van der Waals surface area contributed by atoms with Gasteiger partial charge in [-0.2, -0.15) is 0 Å². The van der Waals surface area contributed by atoms with Crippen molar-refractivity contribution in [3.63, 3.8) is 0 Å². The molecule has 2 heterocycles. The van der Waals surface area contributed by atoms with Gasteiger partial charge in [0.15, 0.2) is 0 Å². The Morgan fingerprint density at radius 3 is 2.79 bits per heavy atom. The molecule has 2 aliphatic heterocycles. The molecule has 0 bridgehead atoms. The summed E-state index contributed by atoms with van der Waals surface area (Å²) in [6, 6.07) is 9.04. The standard InChI is InChI=1S/C16H22N2O/c1-12-6-7-14(10-17-12)16(19)18-9-8-13-4-2-3-5-15(13)11-18/h2-5,12,14,17H,6-11H2,1H3. The SMILES string of the molecule is CC1CCC(C(=O)N2CCc3ccccc3C2)CN1. The second kappa shape index (κ2) is 5.33. The van der Waals surface area contributed by atoms with E-state index in [4.69, 9.17) is 0 Å². The molecular weight excluding hydrogens is 236 g/mol. The molecule has 19 heavy (non-hydrogen) atoms. The van der Waals surface area contributed by atoms with Crippen LogP contribution in [0.4, 0.5) is 0 Å². The first-order valence-corrected chi connectivity index (χ1v) is 7.33. The van der Waals surface area contributed by atoms with E-state index in [1.165, 1.54) is 11.1 Å². The number of nitrogens with zero attached hydrogens (tertiary/aromatic N) is 1. The van der Waals surface area contributed by atoms with Crippen molar-refractivity contribution >= 4 is 5.91 Å². The maximum Gasteiger partial charge on any atom is 0.227 e. The normalized spacial score (nSPS) is 26.9. The molecule has 1 aromatic carbocycles. The quantitative estimate of drug-likeness (QED) is 0.835. The van der Waals surface area contributed by atoms with Gasteiger partial charge in [0.05, 0.1) is 5.92 Å². The zero-order chi connectivity index (χ0) is 13.2. The number of amides is 1. The largest absolute Gasteiger partial charge is 0.338 e. The molecule has 0 aliphatic carbocycles. The van der Waals surface area contributed by atoms with Gasteiger partial charge < -0.3 is 10.2 Å². The third-order valence-corrected chi connectivity index (χ3v) is 4.45. The molecule has 102 valence electrons. The minimum atomic E-state index is 0.182. The summed E-state index contributed by atoms with van der Waals surface area (Å²) in [5.74, 6) is 0.523. The smallest absolute Gasteiger partial charge is 0.227 e. The Labute approximate surface area is 115 Å². The number of hydrogen-bond donors (Lipinski definition) is 1. The van der Waals surface area contributed by atoms with Gasteiger partial charge in [-0.1, -0.05) is 24.3 Å². The summed E-state index contributed by atoms with van der Waals surface area (Å²) < 4.78 is 0. The number of hydrogen-bond acceptors (Lipinski definition) is 2. The molecule has 3 nitrogen and oxygen atoms in total. The van der Waals surface area contributed by atoms with Crippen LogP contribution in [0.25, 0.3) is 0 Å². The molecule has 0 spiro atoms. The van der Waals surface area contributed by atoms with E-state index in [1.807, 2.05) is 4.90 Å². The van der Waals surface area contributed by atoms with Crippen LogP contribution >= 0.6 is 0 Å². The minimum Gasteiger partial charge on any atom is -0.338 e. The monoisotopic (exact) mass is 258 g/mol. The van der Waals surface area contributed by atoms with Gasteiger partial charge in [0.2, 0.25) is 5.91 Å². The van der Waals surface area contributed by atoms with Crippen LogP contribution in [0.5, 0.6) is 0 Å². The van der Waals surface area contributed by atoms with Gasteiger partial charge >= 0.3 is 0 Å². The Balaban J connectivity index is 1.66. The maximum atomic E-state index is 12.6. The fourth-order valence-corrected chi connectivity index (χ4v) is 3.15. The Morgan fingerprint density at radius 2 is 2.05 bits per heavy atom. The minimum absolute atomic E-state index is 0.182. The Hall–Kier alpha value is -1.35. The highest BCUT2D eigenvalue weighted by Gasteiger charge is 2.29. The molecule has 1 aromatic rings. The van der Waals surface area contributed by atoms with Gasteiger partial charge in [-0.25, -0.2) is 0 Å². The van der Waals surface area contributed by atoms with Crippen LogP contribution in [0.15, 0.2) is 24.3 Å². The summed E-state index contributed by atoms with van der Waals surface area (Å²) in [5.41, 5.74) is 2.72. The fraction of sp³-hybridized carbons (Fsp3) is 0.562. The van der Waals surface area contributed by atoms with Crippen molar-refractivity contribution in [3.05, 3.63) is 35.4 Å². The number of benzene rings is 1. The highest BCUT2D eigenvalue weighted by atomic mass is 16.2. The van der Waals surface area contributed by atoms with Crippen molar-refractivity contribution in [2.75, 3.05) is 13.1 Å². The van der Waals surface area contributed by atoms with E-state index in [2.05, 4.69) is 36.5 Å². The average molecular weight is 258 g/mol. The lowest BCUT2D eigenvalue weighted by atomic mass is 9.92. The molecule has 0 aromatic heterocycles. The van der Waals surface area contributed by atoms with Gasteiger partial charge in [-0.3, -0.25) is 4.79 Å². The Morgan fingerprint density at radius 1 is 1.26 bits per heavy atom. The van der Waals surface area contributed by atoms with Crippen LogP contribution in [-0.4, -0.2) is 29.9 Å². The molecule has 0 saturated carbocycles. The molecule has 2 atom stereocenters. The second-order valence-electron chi connectivity index (χ2n) is 5.86. The summed E-state index contributed by atoms with van der Waals surface area (Å²) in [6.45, 7) is 4.71. The lowest BCUT2D eigenvalue weighted by Crippen LogP contribution is -2.46. The zero-order valence-electron chi connectivity index (χ0n) is 11.6. The Bertz CT molecular complexity index is 464. The third kappa shape index (κ3) is 2.66. The highest BCUT2D eigenvalue weighted by Crippen LogP contribution is 2.23. The molecule has 1 fully saturated rings. The lowest BCUT2D eigenvalue weighted by Gasteiger charge is -2.34. The second-order valence-corrected chi connectivity index (χ2v) is 5.86. The van der Waals surface area contributed by atoms with Gasteiger partial charge in [0.25, 0.3) is 0 Å². The van der Waals surface area contributed by atoms with E-state index >= 15 is 0 Å². The number of piperidine rings is 1. The van der Waals surface area contributed by atoms with Crippen LogP contribution in [0.1, 0.15) is 30.9 Å². The van der Waals surface area contributed by atoms with Crippen molar-refractivity contribution in [1.29, 1.82) is 0 Å². The number of carbonyl (C=O) groups is 1. The fourth-order valence-electron chi connectivity index (χ4n) is 3.15. The van der Waals surface area contributed by atoms with Crippen LogP contribution in [-0.2, 0) is 17.8 Å². The van der Waals surface area contributed by atoms with Crippen LogP contribution in [0.2, 0.25) is 0 Å². The van der Waals surface area contributed by atoms with E-state index in [1.54, 1.807) is 0 Å². The molecule has 1 saturated heterocycles. The molecule has 1 amide bonds. The number of carbonyl (C=O) groups excluding carboxylic acids is 1. The van der Waals surface area contributed by atoms with Crippen LogP contribution < -0.4 is 5.32 Å². The van der Waals surface area contributed by atoms with Gasteiger partial charge in [0, 0.05) is 25.7 Å². The van der Waals surface area contributed by atoms with Gasteiger partial charge in [-0.05, 0) is 37.3 Å². The van der Waals surface area contributed by atoms with Gasteiger partial charge in [0.1, 0.15) is 0 Å². The Kier molecular flexibility index (Phi) is 3.56. The summed E-state index contributed by atoms with van der Waals surface area (Å²) in [4.78, 5) is 14.6. The summed E-state index contributed by atoms with van der Waals surface area (Å²) >= 11 is 0. The molecule has 1 N–H and O–H groups in total.